The Kier molecular flexibility index (Phi) is 3.85. The van der Waals surface area contributed by atoms with Crippen LogP contribution in [0.5, 0.6) is 0 Å². The Labute approximate surface area is 113 Å². The highest BCUT2D eigenvalue weighted by Gasteiger charge is 2.46. The van der Waals surface area contributed by atoms with Gasteiger partial charge in [0.25, 0.3) is 0 Å². The molecule has 19 heavy (non-hydrogen) atoms. The molecule has 0 aromatic carbocycles. The van der Waals surface area contributed by atoms with Crippen molar-refractivity contribution < 1.29 is 19.4 Å². The minimum atomic E-state index is -0.839. The van der Waals surface area contributed by atoms with Gasteiger partial charge >= 0.3 is 5.97 Å². The number of ether oxygens (including phenoxy) is 1. The summed E-state index contributed by atoms with van der Waals surface area (Å²) in [5.41, 5.74) is -0.343. The van der Waals surface area contributed by atoms with Gasteiger partial charge in [0, 0.05) is 6.54 Å². The van der Waals surface area contributed by atoms with Crippen LogP contribution >= 0.6 is 0 Å². The average molecular weight is 269 g/mol. The van der Waals surface area contributed by atoms with Crippen molar-refractivity contribution in [3.05, 3.63) is 0 Å². The van der Waals surface area contributed by atoms with Gasteiger partial charge in [-0.15, -0.1) is 0 Å². The number of aliphatic carboxylic acids is 1. The molecule has 2 aliphatic rings. The summed E-state index contributed by atoms with van der Waals surface area (Å²) in [6.45, 7) is 7.57. The van der Waals surface area contributed by atoms with Crippen molar-refractivity contribution in [2.75, 3.05) is 19.8 Å². The molecule has 1 saturated heterocycles. The zero-order chi connectivity index (χ0) is 14.2. The highest BCUT2D eigenvalue weighted by atomic mass is 16.5. The van der Waals surface area contributed by atoms with Crippen molar-refractivity contribution >= 4 is 11.9 Å². The lowest BCUT2D eigenvalue weighted by molar-refractivity contribution is -0.157. The zero-order valence-electron chi connectivity index (χ0n) is 11.9. The molecule has 1 saturated carbocycles. The largest absolute Gasteiger partial charge is 0.481 e. The number of hydrogen-bond acceptors (Lipinski definition) is 3. The van der Waals surface area contributed by atoms with E-state index in [2.05, 4.69) is 0 Å². The molecule has 108 valence electrons. The van der Waals surface area contributed by atoms with E-state index in [0.717, 1.165) is 0 Å². The van der Waals surface area contributed by atoms with Crippen LogP contribution in [0.1, 0.15) is 33.6 Å². The van der Waals surface area contributed by atoms with Gasteiger partial charge in [-0.05, 0) is 32.6 Å². The fourth-order valence-electron chi connectivity index (χ4n) is 3.30. The molecule has 1 aliphatic heterocycles. The van der Waals surface area contributed by atoms with E-state index in [1.807, 2.05) is 25.7 Å². The normalized spacial score (nSPS) is 34.3. The van der Waals surface area contributed by atoms with Crippen molar-refractivity contribution in [1.82, 2.24) is 4.90 Å². The molecule has 0 aromatic heterocycles. The number of carboxylic acid groups (broad SMARTS) is 1. The van der Waals surface area contributed by atoms with Crippen LogP contribution in [0.3, 0.4) is 0 Å². The SMILES string of the molecule is CC1C[C@H](C(=O)N2CCOCC2(C)C)[C@H](C(=O)O)C1. The monoisotopic (exact) mass is 269 g/mol. The van der Waals surface area contributed by atoms with Gasteiger partial charge in [-0.25, -0.2) is 0 Å². The van der Waals surface area contributed by atoms with Crippen LogP contribution in [-0.4, -0.2) is 47.2 Å². The average Bonchev–Trinajstić information content (AvgIpc) is 2.70. The molecule has 1 aliphatic carbocycles. The number of carbonyl (C=O) groups is 2. The molecule has 2 rings (SSSR count). The second-order valence-electron chi connectivity index (χ2n) is 6.48. The summed E-state index contributed by atoms with van der Waals surface area (Å²) in [6.07, 6.45) is 1.29. The van der Waals surface area contributed by atoms with Crippen LogP contribution in [0, 0.1) is 17.8 Å². The Bertz CT molecular complexity index is 380. The summed E-state index contributed by atoms with van der Waals surface area (Å²) in [4.78, 5) is 25.8. The first kappa shape index (κ1) is 14.3. The van der Waals surface area contributed by atoms with Crippen LogP contribution in [0.4, 0.5) is 0 Å². The van der Waals surface area contributed by atoms with Crippen LogP contribution in [-0.2, 0) is 14.3 Å². The first-order valence-corrected chi connectivity index (χ1v) is 6.95. The van der Waals surface area contributed by atoms with E-state index in [-0.39, 0.29) is 17.4 Å². The number of carbonyl (C=O) groups excluding carboxylic acids is 1. The van der Waals surface area contributed by atoms with Gasteiger partial charge in [0.1, 0.15) is 0 Å². The maximum absolute atomic E-state index is 12.7. The molecular formula is C14H23NO4. The fraction of sp³-hybridized carbons (Fsp3) is 0.857. The molecule has 1 unspecified atom stereocenters. The van der Waals surface area contributed by atoms with Gasteiger partial charge in [-0.2, -0.15) is 0 Å². The Hall–Kier alpha value is -1.10. The summed E-state index contributed by atoms with van der Waals surface area (Å²) in [7, 11) is 0. The minimum absolute atomic E-state index is 0.00921. The van der Waals surface area contributed by atoms with Crippen molar-refractivity contribution in [3.63, 3.8) is 0 Å². The van der Waals surface area contributed by atoms with E-state index >= 15 is 0 Å². The fourth-order valence-corrected chi connectivity index (χ4v) is 3.30. The molecule has 3 atom stereocenters. The van der Waals surface area contributed by atoms with Crippen LogP contribution in [0.2, 0.25) is 0 Å². The summed E-state index contributed by atoms with van der Waals surface area (Å²) >= 11 is 0. The Morgan fingerprint density at radius 3 is 2.47 bits per heavy atom. The molecular weight excluding hydrogens is 246 g/mol. The molecule has 0 spiro atoms. The first-order chi connectivity index (χ1) is 8.83. The first-order valence-electron chi connectivity index (χ1n) is 6.95. The summed E-state index contributed by atoms with van der Waals surface area (Å²) in [5.74, 6) is -1.44. The highest BCUT2D eigenvalue weighted by Crippen LogP contribution is 2.38. The number of amides is 1. The molecule has 0 bridgehead atoms. The topological polar surface area (TPSA) is 66.8 Å². The number of rotatable bonds is 2. The zero-order valence-corrected chi connectivity index (χ0v) is 11.9. The van der Waals surface area contributed by atoms with E-state index in [9.17, 15) is 14.7 Å². The summed E-state index contributed by atoms with van der Waals surface area (Å²) in [5, 5.41) is 9.28. The number of hydrogen-bond donors (Lipinski definition) is 1. The van der Waals surface area contributed by atoms with Gasteiger partial charge < -0.3 is 14.7 Å². The predicted octanol–water partition coefficient (Wildman–Crippen LogP) is 1.37. The summed E-state index contributed by atoms with van der Waals surface area (Å²) < 4.78 is 5.41. The van der Waals surface area contributed by atoms with Gasteiger partial charge in [-0.1, -0.05) is 6.92 Å². The quantitative estimate of drug-likeness (QED) is 0.822. The van der Waals surface area contributed by atoms with Crippen molar-refractivity contribution in [2.45, 2.75) is 39.2 Å². The standard InChI is InChI=1S/C14H23NO4/c1-9-6-10(11(7-9)13(17)18)12(16)15-4-5-19-8-14(15,2)3/h9-11H,4-8H2,1-3H3,(H,17,18)/t9?,10-,11+/m0/s1. The second kappa shape index (κ2) is 5.12. The molecule has 2 fully saturated rings. The van der Waals surface area contributed by atoms with E-state index < -0.39 is 11.9 Å². The molecule has 1 amide bonds. The third-order valence-corrected chi connectivity index (χ3v) is 4.34. The maximum Gasteiger partial charge on any atom is 0.307 e. The van der Waals surface area contributed by atoms with Crippen LogP contribution < -0.4 is 0 Å². The van der Waals surface area contributed by atoms with E-state index in [0.29, 0.717) is 38.5 Å². The third kappa shape index (κ3) is 2.76. The smallest absolute Gasteiger partial charge is 0.307 e. The van der Waals surface area contributed by atoms with E-state index in [1.54, 1.807) is 0 Å². The van der Waals surface area contributed by atoms with Crippen molar-refractivity contribution in [2.24, 2.45) is 17.8 Å². The molecule has 0 aromatic rings. The Balaban J connectivity index is 2.16. The number of nitrogens with zero attached hydrogens (tertiary/aromatic N) is 1. The van der Waals surface area contributed by atoms with Gasteiger partial charge in [0.05, 0.1) is 30.6 Å². The number of carboxylic acids is 1. The maximum atomic E-state index is 12.7. The molecule has 1 heterocycles. The van der Waals surface area contributed by atoms with Crippen LogP contribution in [0.25, 0.3) is 0 Å². The van der Waals surface area contributed by atoms with Crippen molar-refractivity contribution in [3.8, 4) is 0 Å². The Morgan fingerprint density at radius 1 is 1.26 bits per heavy atom. The lowest BCUT2D eigenvalue weighted by Crippen LogP contribution is -2.57. The minimum Gasteiger partial charge on any atom is -0.481 e. The predicted molar refractivity (Wildman–Crippen MR) is 69.6 cm³/mol. The lowest BCUT2D eigenvalue weighted by atomic mass is 9.92. The van der Waals surface area contributed by atoms with E-state index in [1.165, 1.54) is 0 Å². The van der Waals surface area contributed by atoms with Gasteiger partial charge in [0.15, 0.2) is 0 Å². The molecule has 0 radical (unpaired) electrons. The molecule has 5 heteroatoms. The lowest BCUT2D eigenvalue weighted by Gasteiger charge is -2.43. The Morgan fingerprint density at radius 2 is 1.89 bits per heavy atom. The molecule has 1 N–H and O–H groups in total. The second-order valence-corrected chi connectivity index (χ2v) is 6.48. The van der Waals surface area contributed by atoms with E-state index in [4.69, 9.17) is 4.74 Å². The van der Waals surface area contributed by atoms with Gasteiger partial charge in [-0.3, -0.25) is 9.59 Å². The van der Waals surface area contributed by atoms with Crippen molar-refractivity contribution in [1.29, 1.82) is 0 Å². The number of morpholine rings is 1. The van der Waals surface area contributed by atoms with Gasteiger partial charge in [0.2, 0.25) is 5.91 Å². The molecule has 5 nitrogen and oxygen atoms in total. The summed E-state index contributed by atoms with van der Waals surface area (Å²) in [6, 6.07) is 0. The highest BCUT2D eigenvalue weighted by molar-refractivity contribution is 5.86. The van der Waals surface area contributed by atoms with Crippen LogP contribution in [0.15, 0.2) is 0 Å². The third-order valence-electron chi connectivity index (χ3n) is 4.34.